The van der Waals surface area contributed by atoms with Gasteiger partial charge < -0.3 is 15.4 Å². The van der Waals surface area contributed by atoms with Crippen LogP contribution < -0.4 is 10.6 Å². The number of hydrogen-bond acceptors (Lipinski definition) is 3. The quantitative estimate of drug-likeness (QED) is 0.870. The zero-order valence-electron chi connectivity index (χ0n) is 12.7. The second-order valence-electron chi connectivity index (χ2n) is 5.63. The van der Waals surface area contributed by atoms with Crippen molar-refractivity contribution in [3.63, 3.8) is 0 Å². The van der Waals surface area contributed by atoms with Crippen LogP contribution in [-0.2, 0) is 9.53 Å². The molecule has 21 heavy (non-hydrogen) atoms. The minimum Gasteiger partial charge on any atom is -0.444 e. The molecule has 0 spiro atoms. The molecule has 6 heteroatoms. The highest BCUT2D eigenvalue weighted by Crippen LogP contribution is 2.20. The number of benzene rings is 1. The van der Waals surface area contributed by atoms with E-state index in [0.29, 0.717) is 0 Å². The highest BCUT2D eigenvalue weighted by Gasteiger charge is 2.22. The summed E-state index contributed by atoms with van der Waals surface area (Å²) in [5.41, 5.74) is 0.258. The van der Waals surface area contributed by atoms with Crippen molar-refractivity contribution in [2.45, 2.75) is 38.8 Å². The van der Waals surface area contributed by atoms with Crippen LogP contribution in [0.25, 0.3) is 0 Å². The summed E-state index contributed by atoms with van der Waals surface area (Å²) in [6.07, 6.45) is -0.392. The van der Waals surface area contributed by atoms with E-state index in [1.54, 1.807) is 27.8 Å². The Morgan fingerprint density at radius 3 is 2.29 bits per heavy atom. The number of carbonyl (C=O) groups is 2. The molecule has 0 aliphatic carbocycles. The monoisotopic (exact) mass is 356 g/mol. The van der Waals surface area contributed by atoms with Crippen molar-refractivity contribution in [2.75, 3.05) is 7.05 Å². The number of ether oxygens (including phenoxy) is 1. The Balaban J connectivity index is 2.84. The lowest BCUT2D eigenvalue weighted by Crippen LogP contribution is -2.37. The fourth-order valence-corrected chi connectivity index (χ4v) is 1.95. The molecule has 2 N–H and O–H groups in total. The first-order chi connectivity index (χ1) is 9.71. The molecule has 0 radical (unpaired) electrons. The van der Waals surface area contributed by atoms with E-state index in [0.717, 1.165) is 10.0 Å². The number of hydrogen-bond donors (Lipinski definition) is 2. The Hall–Kier alpha value is -1.56. The first-order valence-electron chi connectivity index (χ1n) is 6.67. The van der Waals surface area contributed by atoms with Gasteiger partial charge in [-0.15, -0.1) is 0 Å². The van der Waals surface area contributed by atoms with Gasteiger partial charge in [0, 0.05) is 11.5 Å². The maximum absolute atomic E-state index is 11.9. The fourth-order valence-electron chi connectivity index (χ4n) is 1.68. The van der Waals surface area contributed by atoms with Gasteiger partial charge in [-0.2, -0.15) is 0 Å². The van der Waals surface area contributed by atoms with Gasteiger partial charge in [0.05, 0.1) is 12.5 Å². The Bertz CT molecular complexity index is 495. The van der Waals surface area contributed by atoms with E-state index in [2.05, 4.69) is 26.6 Å². The Kier molecular flexibility index (Phi) is 6.20. The normalized spacial score (nSPS) is 12.4. The smallest absolute Gasteiger partial charge is 0.408 e. The molecule has 1 rings (SSSR count). The summed E-state index contributed by atoms with van der Waals surface area (Å²) >= 11 is 3.36. The van der Waals surface area contributed by atoms with E-state index in [4.69, 9.17) is 4.74 Å². The van der Waals surface area contributed by atoms with Crippen LogP contribution in [0.1, 0.15) is 38.8 Å². The first kappa shape index (κ1) is 17.5. The molecule has 2 amide bonds. The Labute approximate surface area is 133 Å². The minimum absolute atomic E-state index is 0.150. The molecule has 0 bridgehead atoms. The number of rotatable bonds is 4. The zero-order chi connectivity index (χ0) is 16.0. The molecule has 1 aromatic rings. The van der Waals surface area contributed by atoms with Gasteiger partial charge >= 0.3 is 6.09 Å². The van der Waals surface area contributed by atoms with Crippen molar-refractivity contribution in [2.24, 2.45) is 0 Å². The molecule has 1 atom stereocenters. The van der Waals surface area contributed by atoms with Crippen LogP contribution in [-0.4, -0.2) is 24.6 Å². The van der Waals surface area contributed by atoms with E-state index in [1.807, 2.05) is 24.3 Å². The molecule has 0 aromatic heterocycles. The largest absolute Gasteiger partial charge is 0.444 e. The van der Waals surface area contributed by atoms with Crippen molar-refractivity contribution in [1.82, 2.24) is 10.6 Å². The lowest BCUT2D eigenvalue weighted by atomic mass is 10.0. The van der Waals surface area contributed by atoms with Crippen LogP contribution in [0.3, 0.4) is 0 Å². The third-order valence-electron chi connectivity index (χ3n) is 2.63. The number of amides is 2. The number of halogens is 1. The molecule has 0 saturated heterocycles. The van der Waals surface area contributed by atoms with Gasteiger partial charge in [-0.1, -0.05) is 28.1 Å². The van der Waals surface area contributed by atoms with Crippen molar-refractivity contribution in [1.29, 1.82) is 0 Å². The van der Waals surface area contributed by atoms with Gasteiger partial charge in [-0.05, 0) is 38.5 Å². The molecular weight excluding hydrogens is 336 g/mol. The van der Waals surface area contributed by atoms with Crippen LogP contribution in [0.15, 0.2) is 28.7 Å². The van der Waals surface area contributed by atoms with Gasteiger partial charge in [0.2, 0.25) is 5.91 Å². The van der Waals surface area contributed by atoms with Crippen LogP contribution in [0, 0.1) is 0 Å². The molecule has 116 valence electrons. The van der Waals surface area contributed by atoms with Crippen molar-refractivity contribution in [3.8, 4) is 0 Å². The van der Waals surface area contributed by atoms with Gasteiger partial charge in [0.1, 0.15) is 5.60 Å². The summed E-state index contributed by atoms with van der Waals surface area (Å²) in [6.45, 7) is 5.37. The molecule has 0 aliphatic rings. The summed E-state index contributed by atoms with van der Waals surface area (Å²) in [7, 11) is 1.56. The van der Waals surface area contributed by atoms with Crippen molar-refractivity contribution in [3.05, 3.63) is 34.3 Å². The predicted molar refractivity (Wildman–Crippen MR) is 84.9 cm³/mol. The average molecular weight is 357 g/mol. The third kappa shape index (κ3) is 6.62. The Morgan fingerprint density at radius 2 is 1.81 bits per heavy atom. The summed E-state index contributed by atoms with van der Waals surface area (Å²) in [5.74, 6) is -0.154. The summed E-state index contributed by atoms with van der Waals surface area (Å²) < 4.78 is 6.17. The van der Waals surface area contributed by atoms with E-state index < -0.39 is 17.7 Å². The number of nitrogens with one attached hydrogen (secondary N) is 2. The second kappa shape index (κ2) is 7.45. The minimum atomic E-state index is -0.582. The van der Waals surface area contributed by atoms with E-state index >= 15 is 0 Å². The molecule has 1 aromatic carbocycles. The lowest BCUT2D eigenvalue weighted by molar-refractivity contribution is -0.121. The zero-order valence-corrected chi connectivity index (χ0v) is 14.3. The molecule has 0 saturated carbocycles. The highest BCUT2D eigenvalue weighted by molar-refractivity contribution is 9.10. The van der Waals surface area contributed by atoms with E-state index in [1.165, 1.54) is 0 Å². The van der Waals surface area contributed by atoms with Crippen molar-refractivity contribution < 1.29 is 14.3 Å². The lowest BCUT2D eigenvalue weighted by Gasteiger charge is -2.23. The molecule has 0 heterocycles. The van der Waals surface area contributed by atoms with Gasteiger partial charge in [0.15, 0.2) is 0 Å². The predicted octanol–water partition coefficient (Wildman–Crippen LogP) is 3.15. The first-order valence-corrected chi connectivity index (χ1v) is 7.46. The third-order valence-corrected chi connectivity index (χ3v) is 3.16. The average Bonchev–Trinajstić information content (AvgIpc) is 2.36. The van der Waals surface area contributed by atoms with E-state index in [9.17, 15) is 9.59 Å². The summed E-state index contributed by atoms with van der Waals surface area (Å²) in [6, 6.07) is 7.00. The molecule has 0 aliphatic heterocycles. The Morgan fingerprint density at radius 1 is 1.24 bits per heavy atom. The van der Waals surface area contributed by atoms with Crippen LogP contribution in [0.2, 0.25) is 0 Å². The topological polar surface area (TPSA) is 67.4 Å². The van der Waals surface area contributed by atoms with Crippen molar-refractivity contribution >= 4 is 27.9 Å². The van der Waals surface area contributed by atoms with Gasteiger partial charge in [0.25, 0.3) is 0 Å². The maximum atomic E-state index is 11.9. The highest BCUT2D eigenvalue weighted by atomic mass is 79.9. The standard InChI is InChI=1S/C15H21BrN2O3/c1-15(2,3)21-14(20)18-12(9-13(19)17-4)10-5-7-11(16)8-6-10/h5-8,12H,9H2,1-4H3,(H,17,19)(H,18,20)/t12-/m0/s1. The maximum Gasteiger partial charge on any atom is 0.408 e. The SMILES string of the molecule is CNC(=O)C[C@H](NC(=O)OC(C)(C)C)c1ccc(Br)cc1. The molecule has 0 fully saturated rings. The van der Waals surface area contributed by atoms with Gasteiger partial charge in [-0.3, -0.25) is 4.79 Å². The molecular formula is C15H21BrN2O3. The van der Waals surface area contributed by atoms with E-state index in [-0.39, 0.29) is 12.3 Å². The molecule has 5 nitrogen and oxygen atoms in total. The fraction of sp³-hybridized carbons (Fsp3) is 0.467. The van der Waals surface area contributed by atoms with Crippen LogP contribution in [0.4, 0.5) is 4.79 Å². The molecule has 0 unspecified atom stereocenters. The van der Waals surface area contributed by atoms with Crippen LogP contribution >= 0.6 is 15.9 Å². The number of carbonyl (C=O) groups excluding carboxylic acids is 2. The van der Waals surface area contributed by atoms with Crippen LogP contribution in [0.5, 0.6) is 0 Å². The second-order valence-corrected chi connectivity index (χ2v) is 6.54. The summed E-state index contributed by atoms with van der Waals surface area (Å²) in [4.78, 5) is 23.5. The van der Waals surface area contributed by atoms with Gasteiger partial charge in [-0.25, -0.2) is 4.79 Å². The summed E-state index contributed by atoms with van der Waals surface area (Å²) in [5, 5.41) is 5.30. The number of alkyl carbamates (subject to hydrolysis) is 1.